The van der Waals surface area contributed by atoms with Gasteiger partial charge >= 0.3 is 0 Å². The van der Waals surface area contributed by atoms with Gasteiger partial charge in [-0.25, -0.2) is 9.97 Å². The molecule has 0 radical (unpaired) electrons. The number of imidazole rings is 1. The number of rotatable bonds is 2. The summed E-state index contributed by atoms with van der Waals surface area (Å²) in [6.45, 7) is 0. The topological polar surface area (TPSA) is 30.2 Å². The van der Waals surface area contributed by atoms with Gasteiger partial charge in [-0.1, -0.05) is 133 Å². The second-order valence-corrected chi connectivity index (χ2v) is 12.9. The molecule has 0 amide bonds. The molecule has 9 aromatic rings. The zero-order valence-electron chi connectivity index (χ0n) is 25.9. The van der Waals surface area contributed by atoms with Crippen molar-refractivity contribution in [2.75, 3.05) is 0 Å². The van der Waals surface area contributed by atoms with Gasteiger partial charge in [-0.2, -0.15) is 0 Å². The molecule has 0 saturated carbocycles. The van der Waals surface area contributed by atoms with Gasteiger partial charge < -0.3 is 0 Å². The lowest BCUT2D eigenvalue weighted by molar-refractivity contribution is 0.794. The Morgan fingerprint density at radius 1 is 0.417 bits per heavy atom. The highest BCUT2D eigenvalue weighted by Crippen LogP contribution is 2.63. The molecule has 1 spiro atoms. The summed E-state index contributed by atoms with van der Waals surface area (Å²) in [5.74, 6) is 0. The Balaban J connectivity index is 1.14. The summed E-state index contributed by atoms with van der Waals surface area (Å²) >= 11 is 0. The molecule has 11 rings (SSSR count). The van der Waals surface area contributed by atoms with Crippen LogP contribution in [0.2, 0.25) is 0 Å². The van der Waals surface area contributed by atoms with Crippen LogP contribution in [0.15, 0.2) is 164 Å². The lowest BCUT2D eigenvalue weighted by Gasteiger charge is -2.30. The summed E-state index contributed by atoms with van der Waals surface area (Å²) in [7, 11) is 0. The third-order valence-corrected chi connectivity index (χ3v) is 10.6. The van der Waals surface area contributed by atoms with Crippen LogP contribution >= 0.6 is 0 Å². The predicted octanol–water partition coefficient (Wildman–Crippen LogP) is 10.7. The van der Waals surface area contributed by atoms with E-state index in [0.717, 1.165) is 38.8 Å². The quantitative estimate of drug-likeness (QED) is 0.195. The number of aromatic nitrogens is 3. The van der Waals surface area contributed by atoms with E-state index in [9.17, 15) is 0 Å². The van der Waals surface area contributed by atoms with E-state index in [1.54, 1.807) is 0 Å². The largest absolute Gasteiger partial charge is 0.284 e. The SMILES string of the molecule is c1cc(-c2ccc3c(c2)C2(c4ccccc4-c4ccccc42)c2ccccc2-3)cc(-c2nc3c(nc4ccccn43)c3ccccc23)c1. The monoisotopic (exact) mass is 609 g/mol. The van der Waals surface area contributed by atoms with Crippen LogP contribution in [0, 0.1) is 0 Å². The van der Waals surface area contributed by atoms with Crippen LogP contribution in [0.3, 0.4) is 0 Å². The summed E-state index contributed by atoms with van der Waals surface area (Å²) < 4.78 is 2.09. The Labute approximate surface area is 277 Å². The molecule has 3 heteroatoms. The van der Waals surface area contributed by atoms with E-state index < -0.39 is 0 Å². The van der Waals surface area contributed by atoms with Crippen LogP contribution in [0.5, 0.6) is 0 Å². The van der Waals surface area contributed by atoms with Crippen LogP contribution in [0.1, 0.15) is 22.3 Å². The van der Waals surface area contributed by atoms with Gasteiger partial charge in [0, 0.05) is 22.5 Å². The van der Waals surface area contributed by atoms with Crippen LogP contribution in [0.25, 0.3) is 72.2 Å². The fraction of sp³-hybridized carbons (Fsp3) is 0.0222. The van der Waals surface area contributed by atoms with Crippen molar-refractivity contribution in [3.63, 3.8) is 0 Å². The Hall–Kier alpha value is -6.32. The molecule has 0 N–H and O–H groups in total. The van der Waals surface area contributed by atoms with Gasteiger partial charge in [0.25, 0.3) is 0 Å². The molecule has 0 atom stereocenters. The van der Waals surface area contributed by atoms with E-state index in [2.05, 4.69) is 144 Å². The normalized spacial score (nSPS) is 13.6. The highest BCUT2D eigenvalue weighted by atomic mass is 15.1. The lowest BCUT2D eigenvalue weighted by atomic mass is 9.70. The van der Waals surface area contributed by atoms with Gasteiger partial charge in [0.05, 0.1) is 11.1 Å². The molecule has 48 heavy (non-hydrogen) atoms. The van der Waals surface area contributed by atoms with Gasteiger partial charge in [-0.15, -0.1) is 0 Å². The minimum Gasteiger partial charge on any atom is -0.284 e. The summed E-state index contributed by atoms with van der Waals surface area (Å²) in [6.07, 6.45) is 2.05. The number of nitrogens with zero attached hydrogens (tertiary/aromatic N) is 3. The van der Waals surface area contributed by atoms with E-state index in [1.807, 2.05) is 24.4 Å². The molecule has 0 fully saturated rings. The molecular formula is C45H27N3. The fourth-order valence-corrected chi connectivity index (χ4v) is 8.67. The first-order chi connectivity index (χ1) is 23.8. The first kappa shape index (κ1) is 25.8. The number of hydrogen-bond donors (Lipinski definition) is 0. The van der Waals surface area contributed by atoms with Gasteiger partial charge in [-0.3, -0.25) is 4.40 Å². The second-order valence-electron chi connectivity index (χ2n) is 12.9. The number of hydrogen-bond acceptors (Lipinski definition) is 2. The Morgan fingerprint density at radius 3 is 1.73 bits per heavy atom. The first-order valence-corrected chi connectivity index (χ1v) is 16.5. The Kier molecular flexibility index (Phi) is 5.04. The van der Waals surface area contributed by atoms with Gasteiger partial charge in [0.15, 0.2) is 5.65 Å². The van der Waals surface area contributed by atoms with Crippen molar-refractivity contribution >= 4 is 27.6 Å². The lowest BCUT2D eigenvalue weighted by Crippen LogP contribution is -2.25. The summed E-state index contributed by atoms with van der Waals surface area (Å²) in [4.78, 5) is 10.3. The molecule has 3 aromatic heterocycles. The maximum absolute atomic E-state index is 5.29. The molecule has 0 bridgehead atoms. The Morgan fingerprint density at radius 2 is 1.00 bits per heavy atom. The number of fused-ring (bicyclic) bond motifs is 15. The van der Waals surface area contributed by atoms with Crippen LogP contribution < -0.4 is 0 Å². The maximum Gasteiger partial charge on any atom is 0.165 e. The zero-order chi connectivity index (χ0) is 31.4. The van der Waals surface area contributed by atoms with E-state index in [0.29, 0.717) is 0 Å². The smallest absolute Gasteiger partial charge is 0.165 e. The van der Waals surface area contributed by atoms with Crippen molar-refractivity contribution < 1.29 is 0 Å². The number of benzene rings is 6. The van der Waals surface area contributed by atoms with Crippen molar-refractivity contribution in [3.8, 4) is 44.6 Å². The highest BCUT2D eigenvalue weighted by molar-refractivity contribution is 6.09. The van der Waals surface area contributed by atoms with Crippen molar-refractivity contribution in [1.29, 1.82) is 0 Å². The molecule has 2 aliphatic carbocycles. The maximum atomic E-state index is 5.29. The highest BCUT2D eigenvalue weighted by Gasteiger charge is 2.51. The summed E-state index contributed by atoms with van der Waals surface area (Å²) in [5.41, 5.74) is 17.5. The van der Waals surface area contributed by atoms with Crippen molar-refractivity contribution in [3.05, 3.63) is 186 Å². The van der Waals surface area contributed by atoms with E-state index in [1.165, 1.54) is 55.6 Å². The minimum atomic E-state index is -0.363. The summed E-state index contributed by atoms with van der Waals surface area (Å²) in [5, 5.41) is 2.22. The molecule has 0 aliphatic heterocycles. The standard InChI is InChI=1S/C45H27N3/c1-2-18-36-35(17-1)42(47-44-43(36)46-41-22-9-10-25-48(41)44)30-13-11-12-28(26-30)29-23-24-34-33-16-5-8-21-39(33)45(40(34)27-29)37-19-6-3-14-31(37)32-15-4-7-20-38(32)45/h1-27H. The molecule has 6 aromatic carbocycles. The fourth-order valence-electron chi connectivity index (χ4n) is 8.67. The van der Waals surface area contributed by atoms with Crippen molar-refractivity contribution in [2.24, 2.45) is 0 Å². The van der Waals surface area contributed by atoms with Gasteiger partial charge in [0.1, 0.15) is 11.2 Å². The molecule has 0 unspecified atom stereocenters. The average molecular weight is 610 g/mol. The predicted molar refractivity (Wildman–Crippen MR) is 195 cm³/mol. The third-order valence-electron chi connectivity index (χ3n) is 10.6. The van der Waals surface area contributed by atoms with E-state index >= 15 is 0 Å². The zero-order valence-corrected chi connectivity index (χ0v) is 25.9. The molecule has 222 valence electrons. The van der Waals surface area contributed by atoms with Crippen LogP contribution in [-0.2, 0) is 5.41 Å². The molecular weight excluding hydrogens is 583 g/mol. The number of pyridine rings is 2. The molecule has 2 aliphatic rings. The van der Waals surface area contributed by atoms with Crippen LogP contribution in [0.4, 0.5) is 0 Å². The molecule has 3 heterocycles. The van der Waals surface area contributed by atoms with Crippen molar-refractivity contribution in [2.45, 2.75) is 5.41 Å². The first-order valence-electron chi connectivity index (χ1n) is 16.5. The minimum absolute atomic E-state index is 0.363. The van der Waals surface area contributed by atoms with Gasteiger partial charge in [-0.05, 0) is 79.9 Å². The second kappa shape index (κ2) is 9.37. The molecule has 0 saturated heterocycles. The van der Waals surface area contributed by atoms with E-state index in [-0.39, 0.29) is 5.41 Å². The van der Waals surface area contributed by atoms with E-state index in [4.69, 9.17) is 9.97 Å². The average Bonchev–Trinajstić information content (AvgIpc) is 3.79. The summed E-state index contributed by atoms with van der Waals surface area (Å²) in [6, 6.07) is 57.5. The van der Waals surface area contributed by atoms with Gasteiger partial charge in [0.2, 0.25) is 0 Å². The Bertz CT molecular complexity index is 2740. The molecule has 3 nitrogen and oxygen atoms in total. The van der Waals surface area contributed by atoms with Crippen LogP contribution in [-0.4, -0.2) is 14.4 Å². The van der Waals surface area contributed by atoms with Crippen molar-refractivity contribution in [1.82, 2.24) is 14.4 Å². The third kappa shape index (κ3) is 3.22.